The van der Waals surface area contributed by atoms with Crippen LogP contribution in [-0.4, -0.2) is 47.6 Å². The van der Waals surface area contributed by atoms with Gasteiger partial charge < -0.3 is 0 Å². The third kappa shape index (κ3) is 3.18. The molecule has 0 spiro atoms. The fourth-order valence-electron chi connectivity index (χ4n) is 3.41. The van der Waals surface area contributed by atoms with E-state index in [9.17, 15) is 0 Å². The summed E-state index contributed by atoms with van der Waals surface area (Å²) in [5.74, 6) is 0. The normalized spacial score (nSPS) is 25.9. The van der Waals surface area contributed by atoms with E-state index in [2.05, 4.69) is 54.0 Å². The summed E-state index contributed by atoms with van der Waals surface area (Å²) in [7, 11) is 0. The quantitative estimate of drug-likeness (QED) is 0.819. The van der Waals surface area contributed by atoms with E-state index in [0.717, 1.165) is 6.04 Å². The van der Waals surface area contributed by atoms with Crippen LogP contribution in [0.3, 0.4) is 0 Å². The highest BCUT2D eigenvalue weighted by atomic mass is 15.3. The summed E-state index contributed by atoms with van der Waals surface area (Å²) in [6.07, 6.45) is 4.06. The van der Waals surface area contributed by atoms with Crippen molar-refractivity contribution in [1.82, 2.24) is 9.80 Å². The van der Waals surface area contributed by atoms with E-state index < -0.39 is 0 Å². The van der Waals surface area contributed by atoms with Crippen molar-refractivity contribution < 1.29 is 0 Å². The van der Waals surface area contributed by atoms with Crippen LogP contribution in [-0.2, 0) is 6.42 Å². The van der Waals surface area contributed by atoms with Crippen LogP contribution >= 0.6 is 0 Å². The van der Waals surface area contributed by atoms with Crippen LogP contribution in [0.15, 0.2) is 30.3 Å². The summed E-state index contributed by atoms with van der Waals surface area (Å²) in [5, 5.41) is 0. The number of hydrogen-bond donors (Lipinski definition) is 0. The Hall–Kier alpha value is -0.860. The van der Waals surface area contributed by atoms with E-state index in [0.29, 0.717) is 12.1 Å². The Morgan fingerprint density at radius 2 is 1.84 bits per heavy atom. The topological polar surface area (TPSA) is 6.48 Å². The van der Waals surface area contributed by atoms with Gasteiger partial charge >= 0.3 is 0 Å². The summed E-state index contributed by atoms with van der Waals surface area (Å²) < 4.78 is 0. The molecule has 0 amide bonds. The fourth-order valence-corrected chi connectivity index (χ4v) is 3.41. The smallest absolute Gasteiger partial charge is 0.0266 e. The Balaban J connectivity index is 1.69. The van der Waals surface area contributed by atoms with E-state index in [1.54, 1.807) is 0 Å². The van der Waals surface area contributed by atoms with Gasteiger partial charge in [-0.05, 0) is 38.7 Å². The van der Waals surface area contributed by atoms with Crippen LogP contribution in [0.4, 0.5) is 0 Å². The lowest BCUT2D eigenvalue weighted by Gasteiger charge is -2.44. The molecule has 104 valence electrons. The maximum atomic E-state index is 2.73. The van der Waals surface area contributed by atoms with E-state index in [-0.39, 0.29) is 0 Å². The third-order valence-corrected chi connectivity index (χ3v) is 4.60. The molecule has 1 aliphatic carbocycles. The molecular formula is C17H26N2. The molecule has 0 bridgehead atoms. The highest BCUT2D eigenvalue weighted by Gasteiger charge is 2.36. The summed E-state index contributed by atoms with van der Waals surface area (Å²) in [6, 6.07) is 13.2. The molecule has 1 aliphatic heterocycles. The van der Waals surface area contributed by atoms with Crippen molar-refractivity contribution in [3.8, 4) is 0 Å². The fraction of sp³-hybridized carbons (Fsp3) is 0.647. The molecule has 19 heavy (non-hydrogen) atoms. The van der Waals surface area contributed by atoms with Crippen LogP contribution < -0.4 is 0 Å². The third-order valence-electron chi connectivity index (χ3n) is 4.60. The number of rotatable bonds is 4. The van der Waals surface area contributed by atoms with Crippen LogP contribution in [0.2, 0.25) is 0 Å². The molecule has 0 aromatic heterocycles. The molecule has 1 aromatic rings. The van der Waals surface area contributed by atoms with Gasteiger partial charge in [-0.25, -0.2) is 0 Å². The SMILES string of the molecule is CC(C)N1CCN(C2CC2)CC1Cc1ccccc1. The maximum absolute atomic E-state index is 2.73. The van der Waals surface area contributed by atoms with Crippen LogP contribution in [0.5, 0.6) is 0 Å². The molecule has 0 N–H and O–H groups in total. The van der Waals surface area contributed by atoms with Gasteiger partial charge in [0.2, 0.25) is 0 Å². The molecule has 2 nitrogen and oxygen atoms in total. The lowest BCUT2D eigenvalue weighted by molar-refractivity contribution is 0.0474. The van der Waals surface area contributed by atoms with Crippen LogP contribution in [0.25, 0.3) is 0 Å². The van der Waals surface area contributed by atoms with E-state index in [1.165, 1.54) is 44.5 Å². The monoisotopic (exact) mass is 258 g/mol. The van der Waals surface area contributed by atoms with Gasteiger partial charge in [0.25, 0.3) is 0 Å². The molecule has 3 rings (SSSR count). The molecule has 1 unspecified atom stereocenters. The van der Waals surface area contributed by atoms with Crippen molar-refractivity contribution in [3.05, 3.63) is 35.9 Å². The zero-order chi connectivity index (χ0) is 13.2. The van der Waals surface area contributed by atoms with Crippen LogP contribution in [0.1, 0.15) is 32.3 Å². The molecule has 2 aliphatic rings. The molecule has 2 heteroatoms. The zero-order valence-electron chi connectivity index (χ0n) is 12.3. The average Bonchev–Trinajstić information content (AvgIpc) is 3.24. The second kappa shape index (κ2) is 5.64. The van der Waals surface area contributed by atoms with Gasteiger partial charge in [-0.2, -0.15) is 0 Å². The van der Waals surface area contributed by atoms with E-state index >= 15 is 0 Å². The first-order valence-corrected chi connectivity index (χ1v) is 7.78. The predicted molar refractivity (Wildman–Crippen MR) is 80.4 cm³/mol. The minimum absolute atomic E-state index is 0.662. The molecule has 1 heterocycles. The Labute approximate surface area is 117 Å². The lowest BCUT2D eigenvalue weighted by Crippen LogP contribution is -2.56. The highest BCUT2D eigenvalue weighted by molar-refractivity contribution is 5.16. The number of hydrogen-bond acceptors (Lipinski definition) is 2. The van der Waals surface area contributed by atoms with E-state index in [4.69, 9.17) is 0 Å². The number of benzene rings is 1. The first-order valence-electron chi connectivity index (χ1n) is 7.78. The molecule has 2 fully saturated rings. The Morgan fingerprint density at radius 3 is 2.47 bits per heavy atom. The number of piperazine rings is 1. The Morgan fingerprint density at radius 1 is 1.11 bits per heavy atom. The molecular weight excluding hydrogens is 232 g/mol. The largest absolute Gasteiger partial charge is 0.298 e. The van der Waals surface area contributed by atoms with Crippen molar-refractivity contribution >= 4 is 0 Å². The predicted octanol–water partition coefficient (Wildman–Crippen LogP) is 2.79. The molecule has 1 saturated heterocycles. The van der Waals surface area contributed by atoms with Crippen molar-refractivity contribution in [1.29, 1.82) is 0 Å². The summed E-state index contributed by atoms with van der Waals surface area (Å²) in [5.41, 5.74) is 1.48. The summed E-state index contributed by atoms with van der Waals surface area (Å²) >= 11 is 0. The number of nitrogens with zero attached hydrogens (tertiary/aromatic N) is 2. The highest BCUT2D eigenvalue weighted by Crippen LogP contribution is 2.30. The van der Waals surface area contributed by atoms with Crippen molar-refractivity contribution in [3.63, 3.8) is 0 Å². The molecule has 1 atom stereocenters. The van der Waals surface area contributed by atoms with Crippen LogP contribution in [0, 0.1) is 0 Å². The first-order chi connectivity index (χ1) is 9.24. The van der Waals surface area contributed by atoms with Gasteiger partial charge in [-0.1, -0.05) is 30.3 Å². The molecule has 1 saturated carbocycles. The maximum Gasteiger partial charge on any atom is 0.0266 e. The minimum Gasteiger partial charge on any atom is -0.298 e. The standard InChI is InChI=1S/C17H26N2/c1-14(2)19-11-10-18(16-8-9-16)13-17(19)12-15-6-4-3-5-7-15/h3-7,14,16-17H,8-13H2,1-2H3. The zero-order valence-corrected chi connectivity index (χ0v) is 12.3. The summed E-state index contributed by atoms with van der Waals surface area (Å²) in [4.78, 5) is 5.43. The molecule has 0 radical (unpaired) electrons. The average molecular weight is 258 g/mol. The van der Waals surface area contributed by atoms with Gasteiger partial charge in [0.05, 0.1) is 0 Å². The van der Waals surface area contributed by atoms with Gasteiger partial charge in [0, 0.05) is 37.8 Å². The van der Waals surface area contributed by atoms with Gasteiger partial charge in [-0.15, -0.1) is 0 Å². The van der Waals surface area contributed by atoms with Gasteiger partial charge in [0.1, 0.15) is 0 Å². The Kier molecular flexibility index (Phi) is 3.90. The van der Waals surface area contributed by atoms with Crippen molar-refractivity contribution in [2.75, 3.05) is 19.6 Å². The van der Waals surface area contributed by atoms with Gasteiger partial charge in [0.15, 0.2) is 0 Å². The Bertz CT molecular complexity index is 397. The summed E-state index contributed by atoms with van der Waals surface area (Å²) in [6.45, 7) is 8.45. The molecule has 1 aromatic carbocycles. The second-order valence-corrected chi connectivity index (χ2v) is 6.40. The van der Waals surface area contributed by atoms with Crippen molar-refractivity contribution in [2.24, 2.45) is 0 Å². The van der Waals surface area contributed by atoms with E-state index in [1.807, 2.05) is 0 Å². The second-order valence-electron chi connectivity index (χ2n) is 6.40. The first kappa shape index (κ1) is 13.1. The van der Waals surface area contributed by atoms with Crippen molar-refractivity contribution in [2.45, 2.75) is 51.2 Å². The lowest BCUT2D eigenvalue weighted by atomic mass is 10.0. The van der Waals surface area contributed by atoms with Gasteiger partial charge in [-0.3, -0.25) is 9.80 Å². The minimum atomic E-state index is 0.662.